The third-order valence-corrected chi connectivity index (χ3v) is 4.30. The van der Waals surface area contributed by atoms with E-state index in [2.05, 4.69) is 27.9 Å². The van der Waals surface area contributed by atoms with Gasteiger partial charge in [0.15, 0.2) is 0 Å². The van der Waals surface area contributed by atoms with Crippen LogP contribution in [0.4, 0.5) is 0 Å². The number of piperidine rings is 1. The monoisotopic (exact) mass is 324 g/mol. The van der Waals surface area contributed by atoms with Crippen molar-refractivity contribution in [2.75, 3.05) is 27.2 Å². The Morgan fingerprint density at radius 2 is 1.95 bits per heavy atom. The zero-order chi connectivity index (χ0) is 14.0. The predicted octanol–water partition coefficient (Wildman–Crippen LogP) is 2.92. The molecule has 104 valence electrons. The number of hydrogen-bond acceptors (Lipinski definition) is 2. The molecule has 0 unspecified atom stereocenters. The van der Waals surface area contributed by atoms with E-state index in [9.17, 15) is 4.79 Å². The Morgan fingerprint density at radius 1 is 1.32 bits per heavy atom. The number of halogens is 1. The number of amides is 1. The van der Waals surface area contributed by atoms with Gasteiger partial charge in [0.2, 0.25) is 0 Å². The van der Waals surface area contributed by atoms with Gasteiger partial charge < -0.3 is 9.80 Å². The summed E-state index contributed by atoms with van der Waals surface area (Å²) in [5, 5.41) is 0. The highest BCUT2D eigenvalue weighted by atomic mass is 79.9. The molecule has 1 saturated heterocycles. The maximum Gasteiger partial charge on any atom is 0.253 e. The van der Waals surface area contributed by atoms with Crippen molar-refractivity contribution in [3.8, 4) is 0 Å². The minimum absolute atomic E-state index is 0.124. The molecule has 0 saturated carbocycles. The van der Waals surface area contributed by atoms with E-state index in [4.69, 9.17) is 0 Å². The van der Waals surface area contributed by atoms with Crippen molar-refractivity contribution in [2.45, 2.75) is 25.8 Å². The molecule has 0 spiro atoms. The molecule has 1 fully saturated rings. The van der Waals surface area contributed by atoms with Crippen molar-refractivity contribution >= 4 is 21.8 Å². The van der Waals surface area contributed by atoms with E-state index in [1.54, 1.807) is 0 Å². The lowest BCUT2D eigenvalue weighted by Gasteiger charge is -2.35. The summed E-state index contributed by atoms with van der Waals surface area (Å²) in [5.41, 5.74) is 1.88. The Bertz CT molecular complexity index is 447. The lowest BCUT2D eigenvalue weighted by Crippen LogP contribution is -2.44. The summed E-state index contributed by atoms with van der Waals surface area (Å²) in [6, 6.07) is 6.24. The summed E-state index contributed by atoms with van der Waals surface area (Å²) in [6.07, 6.45) is 2.12. The molecule has 19 heavy (non-hydrogen) atoms. The van der Waals surface area contributed by atoms with Crippen molar-refractivity contribution in [1.29, 1.82) is 0 Å². The maximum absolute atomic E-state index is 12.5. The minimum Gasteiger partial charge on any atom is -0.339 e. The second-order valence-electron chi connectivity index (χ2n) is 5.47. The van der Waals surface area contributed by atoms with Crippen LogP contribution >= 0.6 is 15.9 Å². The number of carbonyl (C=O) groups excluding carboxylic acids is 1. The molecule has 1 aromatic carbocycles. The number of aryl methyl sites for hydroxylation is 1. The molecule has 0 radical (unpaired) electrons. The first-order valence-corrected chi connectivity index (χ1v) is 7.49. The van der Waals surface area contributed by atoms with Crippen LogP contribution in [0.2, 0.25) is 0 Å². The van der Waals surface area contributed by atoms with E-state index in [1.807, 2.05) is 37.1 Å². The van der Waals surface area contributed by atoms with Gasteiger partial charge in [0, 0.05) is 23.1 Å². The highest BCUT2D eigenvalue weighted by molar-refractivity contribution is 9.10. The van der Waals surface area contributed by atoms with Gasteiger partial charge in [0.1, 0.15) is 0 Å². The van der Waals surface area contributed by atoms with Crippen LogP contribution in [0.3, 0.4) is 0 Å². The average Bonchev–Trinajstić information content (AvgIpc) is 2.37. The van der Waals surface area contributed by atoms with Crippen LogP contribution < -0.4 is 0 Å². The molecule has 3 nitrogen and oxygen atoms in total. The SMILES string of the molecule is Cc1cc(Br)cc(C(=O)N(C)C2CCN(C)CC2)c1. The topological polar surface area (TPSA) is 23.6 Å². The van der Waals surface area contributed by atoms with Gasteiger partial charge in [-0.05, 0) is 63.7 Å². The lowest BCUT2D eigenvalue weighted by molar-refractivity contribution is 0.0659. The molecule has 2 rings (SSSR count). The fraction of sp³-hybridized carbons (Fsp3) is 0.533. The third-order valence-electron chi connectivity index (χ3n) is 3.85. The number of likely N-dealkylation sites (tertiary alicyclic amines) is 1. The summed E-state index contributed by atoms with van der Waals surface area (Å²) in [5.74, 6) is 0.124. The van der Waals surface area contributed by atoms with Crippen LogP contribution in [0.1, 0.15) is 28.8 Å². The van der Waals surface area contributed by atoms with E-state index >= 15 is 0 Å². The first kappa shape index (κ1) is 14.5. The standard InChI is InChI=1S/C15H21BrN2O/c1-11-8-12(10-13(16)9-11)15(19)18(3)14-4-6-17(2)7-5-14/h8-10,14H,4-7H2,1-3H3. The molecule has 4 heteroatoms. The van der Waals surface area contributed by atoms with Crippen molar-refractivity contribution in [3.63, 3.8) is 0 Å². The van der Waals surface area contributed by atoms with Crippen molar-refractivity contribution in [2.24, 2.45) is 0 Å². The molecule has 0 aromatic heterocycles. The summed E-state index contributed by atoms with van der Waals surface area (Å²) < 4.78 is 0.965. The van der Waals surface area contributed by atoms with Crippen LogP contribution in [0, 0.1) is 6.92 Å². The normalized spacial score (nSPS) is 17.5. The molecule has 1 amide bonds. The Hall–Kier alpha value is -0.870. The average molecular weight is 325 g/mol. The number of nitrogens with zero attached hydrogens (tertiary/aromatic N) is 2. The predicted molar refractivity (Wildman–Crippen MR) is 81.5 cm³/mol. The van der Waals surface area contributed by atoms with E-state index in [1.165, 1.54) is 0 Å². The zero-order valence-electron chi connectivity index (χ0n) is 11.8. The van der Waals surface area contributed by atoms with Crippen molar-refractivity contribution in [3.05, 3.63) is 33.8 Å². The lowest BCUT2D eigenvalue weighted by atomic mass is 10.0. The van der Waals surface area contributed by atoms with Gasteiger partial charge in [0.25, 0.3) is 5.91 Å². The molecule has 0 bridgehead atoms. The van der Waals surface area contributed by atoms with Gasteiger partial charge in [0.05, 0.1) is 0 Å². The second-order valence-corrected chi connectivity index (χ2v) is 6.38. The quantitative estimate of drug-likeness (QED) is 0.835. The number of carbonyl (C=O) groups is 1. The van der Waals surface area contributed by atoms with Gasteiger partial charge in [-0.1, -0.05) is 15.9 Å². The van der Waals surface area contributed by atoms with Crippen LogP contribution in [-0.2, 0) is 0 Å². The van der Waals surface area contributed by atoms with Gasteiger partial charge in [-0.3, -0.25) is 4.79 Å². The number of benzene rings is 1. The Labute approximate surface area is 123 Å². The van der Waals surface area contributed by atoms with Crippen LogP contribution in [0.5, 0.6) is 0 Å². The van der Waals surface area contributed by atoms with Crippen LogP contribution in [-0.4, -0.2) is 48.9 Å². The molecular formula is C15H21BrN2O. The van der Waals surface area contributed by atoms with Gasteiger partial charge >= 0.3 is 0 Å². The first-order chi connectivity index (χ1) is 8.97. The smallest absolute Gasteiger partial charge is 0.253 e. The number of hydrogen-bond donors (Lipinski definition) is 0. The molecule has 1 heterocycles. The Balaban J connectivity index is 2.10. The molecule has 1 aromatic rings. The largest absolute Gasteiger partial charge is 0.339 e. The van der Waals surface area contributed by atoms with E-state index < -0.39 is 0 Å². The van der Waals surface area contributed by atoms with E-state index in [-0.39, 0.29) is 5.91 Å². The molecule has 0 atom stereocenters. The Kier molecular flexibility index (Phi) is 4.63. The fourth-order valence-electron chi connectivity index (χ4n) is 2.61. The zero-order valence-corrected chi connectivity index (χ0v) is 13.4. The molecular weight excluding hydrogens is 304 g/mol. The highest BCUT2D eigenvalue weighted by Gasteiger charge is 2.24. The summed E-state index contributed by atoms with van der Waals surface area (Å²) >= 11 is 3.46. The van der Waals surface area contributed by atoms with Gasteiger partial charge in [-0.15, -0.1) is 0 Å². The Morgan fingerprint density at radius 3 is 2.53 bits per heavy atom. The third kappa shape index (κ3) is 3.57. The van der Waals surface area contributed by atoms with Crippen molar-refractivity contribution < 1.29 is 4.79 Å². The fourth-order valence-corrected chi connectivity index (χ4v) is 3.22. The van der Waals surface area contributed by atoms with Gasteiger partial charge in [-0.2, -0.15) is 0 Å². The molecule has 1 aliphatic rings. The summed E-state index contributed by atoms with van der Waals surface area (Å²) in [4.78, 5) is 16.7. The van der Waals surface area contributed by atoms with Crippen molar-refractivity contribution in [1.82, 2.24) is 9.80 Å². The molecule has 0 aliphatic carbocycles. The second kappa shape index (κ2) is 6.06. The molecule has 0 N–H and O–H groups in total. The summed E-state index contributed by atoms with van der Waals surface area (Å²) in [7, 11) is 4.06. The van der Waals surface area contributed by atoms with E-state index in [0.717, 1.165) is 41.5 Å². The van der Waals surface area contributed by atoms with E-state index in [0.29, 0.717) is 6.04 Å². The maximum atomic E-state index is 12.5. The van der Waals surface area contributed by atoms with Crippen LogP contribution in [0.15, 0.2) is 22.7 Å². The van der Waals surface area contributed by atoms with Gasteiger partial charge in [-0.25, -0.2) is 0 Å². The highest BCUT2D eigenvalue weighted by Crippen LogP contribution is 2.20. The van der Waals surface area contributed by atoms with Crippen LogP contribution in [0.25, 0.3) is 0 Å². The first-order valence-electron chi connectivity index (χ1n) is 6.70. The minimum atomic E-state index is 0.124. The molecule has 1 aliphatic heterocycles. The summed E-state index contributed by atoms with van der Waals surface area (Å²) in [6.45, 7) is 4.15. The number of rotatable bonds is 2.